The van der Waals surface area contributed by atoms with E-state index in [-0.39, 0.29) is 12.5 Å². The average molecular weight is 310 g/mol. The van der Waals surface area contributed by atoms with Crippen molar-refractivity contribution in [1.82, 2.24) is 10.2 Å². The lowest BCUT2D eigenvalue weighted by molar-refractivity contribution is -0.122. The maximum atomic E-state index is 11.9. The SMILES string of the molecule is CC(C)N(CCCO)CC(=O)NCCSc1ccccc1. The van der Waals surface area contributed by atoms with Crippen molar-refractivity contribution in [1.29, 1.82) is 0 Å². The molecule has 1 rings (SSSR count). The van der Waals surface area contributed by atoms with Crippen LogP contribution < -0.4 is 5.32 Å². The molecule has 0 bridgehead atoms. The highest BCUT2D eigenvalue weighted by molar-refractivity contribution is 7.99. The number of nitrogens with one attached hydrogen (secondary N) is 1. The first-order valence-corrected chi connectivity index (χ1v) is 8.41. The van der Waals surface area contributed by atoms with Crippen molar-refractivity contribution < 1.29 is 9.90 Å². The largest absolute Gasteiger partial charge is 0.396 e. The Morgan fingerprint density at radius 3 is 2.67 bits per heavy atom. The summed E-state index contributed by atoms with van der Waals surface area (Å²) in [6, 6.07) is 10.5. The Bertz CT molecular complexity index is 399. The van der Waals surface area contributed by atoms with Crippen LogP contribution in [0, 0.1) is 0 Å². The second-order valence-corrected chi connectivity index (χ2v) is 6.32. The highest BCUT2D eigenvalue weighted by Crippen LogP contribution is 2.15. The Kier molecular flexibility index (Phi) is 9.14. The Morgan fingerprint density at radius 2 is 2.05 bits per heavy atom. The van der Waals surface area contributed by atoms with Crippen LogP contribution in [0.4, 0.5) is 0 Å². The second kappa shape index (κ2) is 10.7. The van der Waals surface area contributed by atoms with E-state index in [0.717, 1.165) is 12.3 Å². The zero-order valence-electron chi connectivity index (χ0n) is 12.9. The highest BCUT2D eigenvalue weighted by atomic mass is 32.2. The van der Waals surface area contributed by atoms with E-state index in [4.69, 9.17) is 5.11 Å². The Hall–Kier alpha value is -1.04. The number of rotatable bonds is 10. The third-order valence-corrected chi connectivity index (χ3v) is 4.13. The van der Waals surface area contributed by atoms with Gasteiger partial charge in [0.2, 0.25) is 5.91 Å². The van der Waals surface area contributed by atoms with E-state index in [2.05, 4.69) is 36.2 Å². The minimum atomic E-state index is 0.0512. The van der Waals surface area contributed by atoms with Crippen LogP contribution in [0.5, 0.6) is 0 Å². The number of aliphatic hydroxyl groups is 1. The van der Waals surface area contributed by atoms with Crippen LogP contribution >= 0.6 is 11.8 Å². The first-order valence-electron chi connectivity index (χ1n) is 7.43. The van der Waals surface area contributed by atoms with E-state index in [1.807, 2.05) is 18.2 Å². The molecule has 21 heavy (non-hydrogen) atoms. The standard InChI is InChI=1S/C16H26N2O2S/c1-14(2)18(10-6-11-19)13-16(20)17-9-12-21-15-7-4-3-5-8-15/h3-5,7-8,14,19H,6,9-13H2,1-2H3,(H,17,20). The molecule has 1 aromatic rings. The predicted molar refractivity (Wildman–Crippen MR) is 88.6 cm³/mol. The van der Waals surface area contributed by atoms with Gasteiger partial charge in [-0.15, -0.1) is 11.8 Å². The van der Waals surface area contributed by atoms with Crippen LogP contribution in [-0.4, -0.2) is 53.9 Å². The van der Waals surface area contributed by atoms with Crippen molar-refractivity contribution in [2.24, 2.45) is 0 Å². The lowest BCUT2D eigenvalue weighted by atomic mass is 10.3. The molecule has 0 saturated carbocycles. The molecule has 0 fully saturated rings. The van der Waals surface area contributed by atoms with E-state index in [1.165, 1.54) is 4.90 Å². The van der Waals surface area contributed by atoms with E-state index in [9.17, 15) is 4.79 Å². The molecule has 0 saturated heterocycles. The molecule has 5 heteroatoms. The number of hydrogen-bond donors (Lipinski definition) is 2. The predicted octanol–water partition coefficient (Wildman–Crippen LogP) is 1.99. The van der Waals surface area contributed by atoms with Crippen LogP contribution in [0.25, 0.3) is 0 Å². The molecule has 0 aliphatic heterocycles. The van der Waals surface area contributed by atoms with Gasteiger partial charge in [0.05, 0.1) is 6.54 Å². The van der Waals surface area contributed by atoms with Gasteiger partial charge in [0, 0.05) is 36.4 Å². The van der Waals surface area contributed by atoms with E-state index in [0.29, 0.717) is 25.6 Å². The zero-order valence-corrected chi connectivity index (χ0v) is 13.7. The van der Waals surface area contributed by atoms with Crippen LogP contribution in [0.3, 0.4) is 0 Å². The van der Waals surface area contributed by atoms with Gasteiger partial charge >= 0.3 is 0 Å². The summed E-state index contributed by atoms with van der Waals surface area (Å²) in [5.74, 6) is 0.920. The fraction of sp³-hybridized carbons (Fsp3) is 0.562. The van der Waals surface area contributed by atoms with Gasteiger partial charge in [0.1, 0.15) is 0 Å². The fourth-order valence-corrected chi connectivity index (χ4v) is 2.70. The van der Waals surface area contributed by atoms with Crippen LogP contribution in [0.15, 0.2) is 35.2 Å². The molecule has 118 valence electrons. The third kappa shape index (κ3) is 8.09. The summed E-state index contributed by atoms with van der Waals surface area (Å²) in [5, 5.41) is 11.8. The lowest BCUT2D eigenvalue weighted by Gasteiger charge is -2.25. The highest BCUT2D eigenvalue weighted by Gasteiger charge is 2.13. The maximum Gasteiger partial charge on any atom is 0.234 e. The first kappa shape index (κ1) is 18.0. The average Bonchev–Trinajstić information content (AvgIpc) is 2.48. The smallest absolute Gasteiger partial charge is 0.234 e. The molecule has 2 N–H and O–H groups in total. The summed E-state index contributed by atoms with van der Waals surface area (Å²) in [6.07, 6.45) is 0.704. The number of hydrogen-bond acceptors (Lipinski definition) is 4. The van der Waals surface area contributed by atoms with Crippen molar-refractivity contribution in [3.05, 3.63) is 30.3 Å². The summed E-state index contributed by atoms with van der Waals surface area (Å²) < 4.78 is 0. The van der Waals surface area contributed by atoms with Gasteiger partial charge in [0.15, 0.2) is 0 Å². The van der Waals surface area contributed by atoms with Gasteiger partial charge in [0.25, 0.3) is 0 Å². The topological polar surface area (TPSA) is 52.6 Å². The van der Waals surface area contributed by atoms with Gasteiger partial charge in [-0.25, -0.2) is 0 Å². The van der Waals surface area contributed by atoms with Gasteiger partial charge in [-0.05, 0) is 32.4 Å². The van der Waals surface area contributed by atoms with E-state index >= 15 is 0 Å². The van der Waals surface area contributed by atoms with Crippen LogP contribution in [0.1, 0.15) is 20.3 Å². The number of thioether (sulfide) groups is 1. The molecule has 4 nitrogen and oxygen atoms in total. The molecule has 0 unspecified atom stereocenters. The molecule has 0 aliphatic carbocycles. The number of carbonyl (C=O) groups excluding carboxylic acids is 1. The summed E-state index contributed by atoms with van der Waals surface area (Å²) in [6.45, 7) is 6.11. The summed E-state index contributed by atoms with van der Waals surface area (Å²) in [7, 11) is 0. The molecular formula is C16H26N2O2S. The minimum Gasteiger partial charge on any atom is -0.396 e. The monoisotopic (exact) mass is 310 g/mol. The van der Waals surface area contributed by atoms with Crippen molar-refractivity contribution in [3.8, 4) is 0 Å². The van der Waals surface area contributed by atoms with Crippen molar-refractivity contribution in [2.45, 2.75) is 31.2 Å². The number of benzene rings is 1. The summed E-state index contributed by atoms with van der Waals surface area (Å²) in [5.41, 5.74) is 0. The number of carbonyl (C=O) groups is 1. The molecule has 1 aromatic carbocycles. The maximum absolute atomic E-state index is 11.9. The van der Waals surface area contributed by atoms with Crippen LogP contribution in [-0.2, 0) is 4.79 Å². The first-order chi connectivity index (χ1) is 10.1. The molecule has 0 atom stereocenters. The molecule has 0 radical (unpaired) electrons. The Morgan fingerprint density at radius 1 is 1.33 bits per heavy atom. The van der Waals surface area contributed by atoms with Gasteiger partial charge < -0.3 is 10.4 Å². The minimum absolute atomic E-state index is 0.0512. The van der Waals surface area contributed by atoms with Gasteiger partial charge in [-0.3, -0.25) is 9.69 Å². The quantitative estimate of drug-likeness (QED) is 0.512. The fourth-order valence-electron chi connectivity index (χ4n) is 1.91. The van der Waals surface area contributed by atoms with Gasteiger partial charge in [-0.2, -0.15) is 0 Å². The molecule has 0 aliphatic rings. The van der Waals surface area contributed by atoms with Crippen molar-refractivity contribution in [2.75, 3.05) is 32.0 Å². The Balaban J connectivity index is 2.20. The third-order valence-electron chi connectivity index (χ3n) is 3.12. The molecule has 1 amide bonds. The number of nitrogens with zero attached hydrogens (tertiary/aromatic N) is 1. The Labute approximate surface area is 131 Å². The zero-order chi connectivity index (χ0) is 15.5. The van der Waals surface area contributed by atoms with Gasteiger partial charge in [-0.1, -0.05) is 18.2 Å². The number of aliphatic hydroxyl groups excluding tert-OH is 1. The molecule has 0 heterocycles. The number of amides is 1. The van der Waals surface area contributed by atoms with Crippen LogP contribution in [0.2, 0.25) is 0 Å². The van der Waals surface area contributed by atoms with E-state index in [1.54, 1.807) is 11.8 Å². The lowest BCUT2D eigenvalue weighted by Crippen LogP contribution is -2.42. The normalized spacial score (nSPS) is 11.1. The summed E-state index contributed by atoms with van der Waals surface area (Å²) in [4.78, 5) is 15.2. The second-order valence-electron chi connectivity index (χ2n) is 5.15. The van der Waals surface area contributed by atoms with E-state index < -0.39 is 0 Å². The molecular weight excluding hydrogens is 284 g/mol. The molecule has 0 spiro atoms. The summed E-state index contributed by atoms with van der Waals surface area (Å²) >= 11 is 1.74. The molecule has 0 aromatic heterocycles. The van der Waals surface area contributed by atoms with Crippen molar-refractivity contribution in [3.63, 3.8) is 0 Å². The van der Waals surface area contributed by atoms with Crippen molar-refractivity contribution >= 4 is 17.7 Å².